The molecule has 29 heavy (non-hydrogen) atoms. The van der Waals surface area contributed by atoms with E-state index in [4.69, 9.17) is 15.2 Å². The summed E-state index contributed by atoms with van der Waals surface area (Å²) in [6, 6.07) is 11.0. The van der Waals surface area contributed by atoms with Crippen LogP contribution in [0.1, 0.15) is 19.7 Å². The van der Waals surface area contributed by atoms with Gasteiger partial charge in [-0.15, -0.1) is 0 Å². The van der Waals surface area contributed by atoms with Crippen molar-refractivity contribution < 1.29 is 18.7 Å². The van der Waals surface area contributed by atoms with Gasteiger partial charge in [-0.3, -0.25) is 10.1 Å². The number of hydrogen-bond acceptors (Lipinski definition) is 5. The van der Waals surface area contributed by atoms with E-state index in [1.54, 1.807) is 19.1 Å². The number of carbonyl (C=O) groups is 1. The molecule has 0 radical (unpaired) electrons. The smallest absolute Gasteiger partial charge is 0.234 e. The second-order valence-corrected chi connectivity index (χ2v) is 6.59. The molecule has 0 unspecified atom stereocenters. The molecule has 0 fully saturated rings. The van der Waals surface area contributed by atoms with Crippen LogP contribution in [-0.4, -0.2) is 34.7 Å². The normalized spacial score (nSPS) is 12.2. The molecule has 7 nitrogen and oxygen atoms in total. The molecule has 3 aromatic rings. The largest absolute Gasteiger partial charge is 0.457 e. The number of amides is 1. The van der Waals surface area contributed by atoms with Gasteiger partial charge in [0.05, 0.1) is 30.2 Å². The van der Waals surface area contributed by atoms with Gasteiger partial charge in [0.15, 0.2) is 0 Å². The summed E-state index contributed by atoms with van der Waals surface area (Å²) in [6.07, 6.45) is 0. The number of nitrogens with zero attached hydrogens (tertiary/aromatic N) is 2. The van der Waals surface area contributed by atoms with Crippen LogP contribution in [0.15, 0.2) is 42.5 Å². The molecule has 0 aliphatic heterocycles. The highest BCUT2D eigenvalue weighted by molar-refractivity contribution is 5.79. The highest BCUT2D eigenvalue weighted by atomic mass is 19.1. The zero-order valence-corrected chi connectivity index (χ0v) is 16.5. The number of benzene rings is 2. The fourth-order valence-corrected chi connectivity index (χ4v) is 2.88. The maximum atomic E-state index is 13.1. The van der Waals surface area contributed by atoms with Crippen LogP contribution in [-0.2, 0) is 22.6 Å². The van der Waals surface area contributed by atoms with Crippen LogP contribution in [0.5, 0.6) is 11.5 Å². The number of halogens is 1. The van der Waals surface area contributed by atoms with Crippen molar-refractivity contribution in [3.63, 3.8) is 0 Å². The minimum absolute atomic E-state index is 0.316. The molecule has 8 heteroatoms. The zero-order valence-electron chi connectivity index (χ0n) is 16.5. The van der Waals surface area contributed by atoms with Crippen LogP contribution >= 0.6 is 0 Å². The summed E-state index contributed by atoms with van der Waals surface area (Å²) < 4.78 is 26.5. The highest BCUT2D eigenvalue weighted by Gasteiger charge is 2.14. The van der Waals surface area contributed by atoms with Gasteiger partial charge in [0.2, 0.25) is 5.91 Å². The molecule has 0 spiro atoms. The first-order valence-corrected chi connectivity index (χ1v) is 9.51. The fraction of sp³-hybridized carbons (Fsp3) is 0.333. The second kappa shape index (κ2) is 9.49. The molecule has 0 saturated carbocycles. The third kappa shape index (κ3) is 5.30. The molecular weight excluding hydrogens is 375 g/mol. The van der Waals surface area contributed by atoms with Crippen molar-refractivity contribution in [1.82, 2.24) is 14.9 Å². The second-order valence-electron chi connectivity index (χ2n) is 6.59. The number of primary amides is 1. The van der Waals surface area contributed by atoms with Gasteiger partial charge in [-0.05, 0) is 50.2 Å². The first kappa shape index (κ1) is 20.8. The Balaban J connectivity index is 1.88. The first-order chi connectivity index (χ1) is 14.0. The quantitative estimate of drug-likeness (QED) is 0.511. The van der Waals surface area contributed by atoms with E-state index in [2.05, 4.69) is 10.3 Å². The Morgan fingerprint density at radius 1 is 1.24 bits per heavy atom. The molecule has 0 saturated heterocycles. The molecule has 3 N–H and O–H groups in total. The molecule has 3 rings (SSSR count). The summed E-state index contributed by atoms with van der Waals surface area (Å²) in [5.74, 6) is 1.20. The average molecular weight is 400 g/mol. The van der Waals surface area contributed by atoms with Crippen LogP contribution in [0.25, 0.3) is 11.0 Å². The fourth-order valence-electron chi connectivity index (χ4n) is 2.88. The van der Waals surface area contributed by atoms with E-state index < -0.39 is 11.9 Å². The number of fused-ring (bicyclic) bond motifs is 1. The maximum absolute atomic E-state index is 13.1. The number of aromatic nitrogens is 2. The van der Waals surface area contributed by atoms with Gasteiger partial charge in [-0.25, -0.2) is 9.37 Å². The third-order valence-corrected chi connectivity index (χ3v) is 4.50. The summed E-state index contributed by atoms with van der Waals surface area (Å²) in [7, 11) is 0. The average Bonchev–Trinajstić information content (AvgIpc) is 3.05. The zero-order chi connectivity index (χ0) is 20.8. The number of hydrogen-bond donors (Lipinski definition) is 2. The van der Waals surface area contributed by atoms with Crippen LogP contribution in [0.4, 0.5) is 4.39 Å². The Bertz CT molecular complexity index is 972. The van der Waals surface area contributed by atoms with Crippen molar-refractivity contribution in [2.45, 2.75) is 33.0 Å². The Morgan fingerprint density at radius 2 is 1.97 bits per heavy atom. The van der Waals surface area contributed by atoms with Crippen molar-refractivity contribution in [2.75, 3.05) is 13.2 Å². The number of rotatable bonds is 10. The summed E-state index contributed by atoms with van der Waals surface area (Å²) in [5, 5.41) is 3.08. The van der Waals surface area contributed by atoms with E-state index in [9.17, 15) is 9.18 Å². The minimum Gasteiger partial charge on any atom is -0.457 e. The number of ether oxygens (including phenoxy) is 2. The molecular formula is C21H25FN4O3. The van der Waals surface area contributed by atoms with E-state index in [-0.39, 0.29) is 5.82 Å². The molecule has 0 aliphatic rings. The minimum atomic E-state index is -0.465. The Morgan fingerprint density at radius 3 is 2.66 bits per heavy atom. The van der Waals surface area contributed by atoms with Crippen LogP contribution in [0.2, 0.25) is 0 Å². The number of nitrogens with two attached hydrogens (primary N) is 1. The Hall–Kier alpha value is -2.97. The summed E-state index contributed by atoms with van der Waals surface area (Å²) >= 11 is 0. The first-order valence-electron chi connectivity index (χ1n) is 9.51. The molecule has 0 bridgehead atoms. The van der Waals surface area contributed by atoms with Crippen molar-refractivity contribution in [2.24, 2.45) is 5.73 Å². The summed E-state index contributed by atoms with van der Waals surface area (Å²) in [5.41, 5.74) is 7.01. The lowest BCUT2D eigenvalue weighted by Crippen LogP contribution is -2.38. The van der Waals surface area contributed by atoms with Gasteiger partial charge in [0.1, 0.15) is 23.1 Å². The molecule has 1 atom stereocenters. The van der Waals surface area contributed by atoms with E-state index >= 15 is 0 Å². The van der Waals surface area contributed by atoms with E-state index in [1.165, 1.54) is 12.1 Å². The third-order valence-electron chi connectivity index (χ3n) is 4.50. The predicted molar refractivity (Wildman–Crippen MR) is 108 cm³/mol. The van der Waals surface area contributed by atoms with Crippen LogP contribution < -0.4 is 15.8 Å². The van der Waals surface area contributed by atoms with Crippen molar-refractivity contribution >= 4 is 16.9 Å². The Kier molecular flexibility index (Phi) is 6.79. The van der Waals surface area contributed by atoms with Crippen molar-refractivity contribution in [3.05, 3.63) is 54.1 Å². The van der Waals surface area contributed by atoms with Gasteiger partial charge < -0.3 is 19.8 Å². The lowest BCUT2D eigenvalue weighted by atomic mass is 10.3. The number of nitrogens with one attached hydrogen (secondary N) is 1. The van der Waals surface area contributed by atoms with Crippen molar-refractivity contribution in [3.8, 4) is 11.5 Å². The number of carbonyl (C=O) groups excluding carboxylic acids is 1. The van der Waals surface area contributed by atoms with Gasteiger partial charge in [-0.1, -0.05) is 0 Å². The van der Waals surface area contributed by atoms with Gasteiger partial charge in [0.25, 0.3) is 0 Å². The Labute approximate surface area is 168 Å². The lowest BCUT2D eigenvalue weighted by molar-refractivity contribution is -0.119. The van der Waals surface area contributed by atoms with Crippen LogP contribution in [0, 0.1) is 5.82 Å². The maximum Gasteiger partial charge on any atom is 0.234 e. The molecule has 1 heterocycles. The van der Waals surface area contributed by atoms with Crippen LogP contribution in [0.3, 0.4) is 0 Å². The molecule has 1 aromatic heterocycles. The predicted octanol–water partition coefficient (Wildman–Crippen LogP) is 2.97. The number of imidazole rings is 1. The molecule has 1 amide bonds. The summed E-state index contributed by atoms with van der Waals surface area (Å²) in [6.45, 7) is 5.80. The lowest BCUT2D eigenvalue weighted by Gasteiger charge is -2.13. The van der Waals surface area contributed by atoms with Crippen molar-refractivity contribution in [1.29, 1.82) is 0 Å². The monoisotopic (exact) mass is 400 g/mol. The highest BCUT2D eigenvalue weighted by Crippen LogP contribution is 2.26. The van der Waals surface area contributed by atoms with E-state index in [0.717, 1.165) is 16.9 Å². The molecule has 154 valence electrons. The van der Waals surface area contributed by atoms with Gasteiger partial charge in [-0.2, -0.15) is 0 Å². The van der Waals surface area contributed by atoms with Gasteiger partial charge >= 0.3 is 0 Å². The SMILES string of the molecule is CCOCCn1c(CN[C@@H](C)C(N)=O)nc2ccc(Oc3ccc(F)cc3)cc21. The molecule has 2 aromatic carbocycles. The standard InChI is InChI=1S/C21H25FN4O3/c1-3-28-11-10-26-19-12-17(29-16-6-4-15(22)5-7-16)8-9-18(19)25-20(26)13-24-14(2)21(23)27/h4-9,12,14,24H,3,10-11,13H2,1-2H3,(H2,23,27)/t14-/m0/s1. The summed E-state index contributed by atoms with van der Waals surface area (Å²) in [4.78, 5) is 16.0. The van der Waals surface area contributed by atoms with Gasteiger partial charge in [0, 0.05) is 19.2 Å². The molecule has 0 aliphatic carbocycles. The van der Waals surface area contributed by atoms with E-state index in [0.29, 0.717) is 37.8 Å². The van der Waals surface area contributed by atoms with E-state index in [1.807, 2.05) is 29.7 Å². The topological polar surface area (TPSA) is 91.4 Å².